The quantitative estimate of drug-likeness (QED) is 0.190. The van der Waals surface area contributed by atoms with Crippen LogP contribution in [0.25, 0.3) is 84.9 Å². The predicted molar refractivity (Wildman–Crippen MR) is 194 cm³/mol. The van der Waals surface area contributed by atoms with Crippen LogP contribution in [0.3, 0.4) is 0 Å². The molecule has 0 nitrogen and oxygen atoms in total. The minimum Gasteiger partial charge on any atom is -0.135 e. The molecular formula is C42H26S2. The zero-order valence-corrected chi connectivity index (χ0v) is 25.5. The molecule has 0 N–H and O–H groups in total. The van der Waals surface area contributed by atoms with E-state index in [0.29, 0.717) is 0 Å². The van der Waals surface area contributed by atoms with E-state index in [1.165, 1.54) is 84.9 Å². The summed E-state index contributed by atoms with van der Waals surface area (Å²) in [4.78, 5) is 0. The first-order valence-corrected chi connectivity index (χ1v) is 16.6. The molecular weight excluding hydrogens is 569 g/mol. The Hall–Kier alpha value is -5.02. The zero-order valence-electron chi connectivity index (χ0n) is 23.8. The highest BCUT2D eigenvalue weighted by Crippen LogP contribution is 2.41. The Balaban J connectivity index is 1.08. The zero-order chi connectivity index (χ0) is 29.0. The summed E-state index contributed by atoms with van der Waals surface area (Å²) in [6.07, 6.45) is 0. The fourth-order valence-corrected chi connectivity index (χ4v) is 8.89. The summed E-state index contributed by atoms with van der Waals surface area (Å²) in [5, 5.41) is 5.35. The van der Waals surface area contributed by atoms with Gasteiger partial charge in [0.1, 0.15) is 0 Å². The van der Waals surface area contributed by atoms with Crippen LogP contribution < -0.4 is 0 Å². The Labute approximate surface area is 264 Å². The van der Waals surface area contributed by atoms with Gasteiger partial charge in [-0.25, -0.2) is 0 Å². The van der Waals surface area contributed by atoms with Crippen LogP contribution in [0.4, 0.5) is 0 Å². The average Bonchev–Trinajstić information content (AvgIpc) is 3.66. The Morgan fingerprint density at radius 1 is 0.273 bits per heavy atom. The molecule has 0 fully saturated rings. The van der Waals surface area contributed by atoms with E-state index in [9.17, 15) is 0 Å². The van der Waals surface area contributed by atoms with Crippen molar-refractivity contribution in [3.8, 4) is 44.5 Å². The molecule has 44 heavy (non-hydrogen) atoms. The van der Waals surface area contributed by atoms with Crippen molar-refractivity contribution in [3.63, 3.8) is 0 Å². The largest absolute Gasteiger partial charge is 0.135 e. The predicted octanol–water partition coefficient (Wildman–Crippen LogP) is 13.1. The molecule has 0 saturated heterocycles. The second-order valence-corrected chi connectivity index (χ2v) is 13.5. The molecule has 0 spiro atoms. The molecule has 9 aromatic rings. The number of hydrogen-bond donors (Lipinski definition) is 0. The lowest BCUT2D eigenvalue weighted by molar-refractivity contribution is 1.58. The highest BCUT2D eigenvalue weighted by Gasteiger charge is 2.12. The van der Waals surface area contributed by atoms with Crippen LogP contribution in [0, 0.1) is 0 Å². The Bertz CT molecular complexity index is 2510. The molecule has 206 valence electrons. The summed E-state index contributed by atoms with van der Waals surface area (Å²) in [5.41, 5.74) is 9.96. The standard InChI is InChI=1S/C42H26S2/c1-3-19-39-35(15-1)37-22-21-32(26-41(37)43-39)30-12-6-10-28(24-30)27-9-5-11-29(23-27)31-13-7-14-33(25-31)34-17-8-18-38-36-16-2-4-20-40(36)44-42(34)38/h1-26H. The van der Waals surface area contributed by atoms with Gasteiger partial charge in [0.15, 0.2) is 0 Å². The minimum atomic E-state index is 1.23. The molecule has 0 aliphatic carbocycles. The lowest BCUT2D eigenvalue weighted by Gasteiger charge is -2.10. The van der Waals surface area contributed by atoms with Crippen molar-refractivity contribution in [1.29, 1.82) is 0 Å². The first kappa shape index (κ1) is 25.5. The molecule has 7 aromatic carbocycles. The van der Waals surface area contributed by atoms with E-state index >= 15 is 0 Å². The maximum Gasteiger partial charge on any atom is 0.0433 e. The summed E-state index contributed by atoms with van der Waals surface area (Å²) in [7, 11) is 0. The van der Waals surface area contributed by atoms with Gasteiger partial charge >= 0.3 is 0 Å². The third-order valence-electron chi connectivity index (χ3n) is 8.68. The van der Waals surface area contributed by atoms with Crippen molar-refractivity contribution in [2.75, 3.05) is 0 Å². The molecule has 0 aliphatic heterocycles. The number of thiophene rings is 2. The highest BCUT2D eigenvalue weighted by molar-refractivity contribution is 7.26. The molecule has 0 aliphatic rings. The lowest BCUT2D eigenvalue weighted by Crippen LogP contribution is -1.85. The van der Waals surface area contributed by atoms with Gasteiger partial charge in [0.2, 0.25) is 0 Å². The maximum absolute atomic E-state index is 2.35. The van der Waals surface area contributed by atoms with E-state index in [2.05, 4.69) is 158 Å². The second kappa shape index (κ2) is 10.3. The molecule has 9 rings (SSSR count). The van der Waals surface area contributed by atoms with Gasteiger partial charge in [0.25, 0.3) is 0 Å². The summed E-state index contributed by atoms with van der Waals surface area (Å²) >= 11 is 3.76. The molecule has 0 saturated carbocycles. The minimum absolute atomic E-state index is 1.23. The number of hydrogen-bond acceptors (Lipinski definition) is 2. The van der Waals surface area contributed by atoms with Crippen molar-refractivity contribution < 1.29 is 0 Å². The van der Waals surface area contributed by atoms with E-state index in [4.69, 9.17) is 0 Å². The van der Waals surface area contributed by atoms with Crippen LogP contribution in [0.2, 0.25) is 0 Å². The molecule has 2 heterocycles. The van der Waals surface area contributed by atoms with Gasteiger partial charge < -0.3 is 0 Å². The summed E-state index contributed by atoms with van der Waals surface area (Å²) in [6.45, 7) is 0. The van der Waals surface area contributed by atoms with Crippen LogP contribution >= 0.6 is 22.7 Å². The fraction of sp³-hybridized carbons (Fsp3) is 0. The summed E-state index contributed by atoms with van der Waals surface area (Å²) in [6, 6.07) is 57.9. The van der Waals surface area contributed by atoms with E-state index in [1.54, 1.807) is 0 Å². The van der Waals surface area contributed by atoms with E-state index in [-0.39, 0.29) is 0 Å². The van der Waals surface area contributed by atoms with E-state index in [1.807, 2.05) is 22.7 Å². The van der Waals surface area contributed by atoms with Crippen LogP contribution in [0.5, 0.6) is 0 Å². The third-order valence-corrected chi connectivity index (χ3v) is 11.0. The number of rotatable bonds is 4. The van der Waals surface area contributed by atoms with Crippen molar-refractivity contribution in [1.82, 2.24) is 0 Å². The van der Waals surface area contributed by atoms with Gasteiger partial charge in [-0.3, -0.25) is 0 Å². The number of benzene rings is 7. The first-order chi connectivity index (χ1) is 21.8. The molecule has 2 aromatic heterocycles. The van der Waals surface area contributed by atoms with Gasteiger partial charge in [-0.2, -0.15) is 0 Å². The van der Waals surface area contributed by atoms with Crippen LogP contribution in [0.1, 0.15) is 0 Å². The third kappa shape index (κ3) is 4.26. The summed E-state index contributed by atoms with van der Waals surface area (Å²) in [5.74, 6) is 0. The molecule has 0 atom stereocenters. The van der Waals surface area contributed by atoms with Gasteiger partial charge in [-0.1, -0.05) is 121 Å². The Morgan fingerprint density at radius 2 is 0.727 bits per heavy atom. The van der Waals surface area contributed by atoms with E-state index in [0.717, 1.165) is 0 Å². The first-order valence-electron chi connectivity index (χ1n) is 14.9. The van der Waals surface area contributed by atoms with Crippen LogP contribution in [-0.4, -0.2) is 0 Å². The van der Waals surface area contributed by atoms with Gasteiger partial charge in [-0.05, 0) is 80.9 Å². The van der Waals surface area contributed by atoms with Crippen molar-refractivity contribution in [3.05, 3.63) is 158 Å². The smallest absolute Gasteiger partial charge is 0.0433 e. The second-order valence-electron chi connectivity index (χ2n) is 11.3. The average molecular weight is 595 g/mol. The SMILES string of the molecule is c1cc(-c2cccc(-c3ccc4c(c3)sc3ccccc34)c2)cc(-c2cccc(-c3cccc4c3sc3ccccc34)c2)c1. The topological polar surface area (TPSA) is 0 Å². The summed E-state index contributed by atoms with van der Waals surface area (Å²) < 4.78 is 5.37. The monoisotopic (exact) mass is 594 g/mol. The van der Waals surface area contributed by atoms with Crippen molar-refractivity contribution in [2.45, 2.75) is 0 Å². The molecule has 0 amide bonds. The normalized spacial score (nSPS) is 11.6. The number of fused-ring (bicyclic) bond motifs is 6. The molecule has 0 unspecified atom stereocenters. The molecule has 0 bridgehead atoms. The van der Waals surface area contributed by atoms with Crippen LogP contribution in [0.15, 0.2) is 158 Å². The van der Waals surface area contributed by atoms with Crippen LogP contribution in [-0.2, 0) is 0 Å². The van der Waals surface area contributed by atoms with Crippen molar-refractivity contribution in [2.24, 2.45) is 0 Å². The van der Waals surface area contributed by atoms with Gasteiger partial charge in [0.05, 0.1) is 0 Å². The Kier molecular flexibility index (Phi) is 5.97. The fourth-order valence-electron chi connectivity index (χ4n) is 6.50. The maximum atomic E-state index is 2.35. The lowest BCUT2D eigenvalue weighted by atomic mass is 9.94. The Morgan fingerprint density at radius 3 is 1.39 bits per heavy atom. The van der Waals surface area contributed by atoms with Gasteiger partial charge in [0, 0.05) is 40.3 Å². The van der Waals surface area contributed by atoms with E-state index < -0.39 is 0 Å². The molecule has 0 radical (unpaired) electrons. The van der Waals surface area contributed by atoms with Crippen molar-refractivity contribution >= 4 is 63.0 Å². The highest BCUT2D eigenvalue weighted by atomic mass is 32.1. The van der Waals surface area contributed by atoms with Gasteiger partial charge in [-0.15, -0.1) is 22.7 Å². The molecule has 2 heteroatoms.